The molecule has 2 aromatic rings. The minimum Gasteiger partial charge on any atom is -0.309 e. The quantitative estimate of drug-likeness (QED) is 0.902. The molecular formula is C14H16BrN3S. The molecule has 0 aromatic carbocycles. The van der Waals surface area contributed by atoms with Gasteiger partial charge in [0.05, 0.1) is 11.4 Å². The van der Waals surface area contributed by atoms with Crippen molar-refractivity contribution in [2.24, 2.45) is 0 Å². The van der Waals surface area contributed by atoms with Crippen LogP contribution in [0, 0.1) is 0 Å². The largest absolute Gasteiger partial charge is 0.309 e. The average molecular weight is 338 g/mol. The third-order valence-electron chi connectivity index (χ3n) is 3.19. The molecular weight excluding hydrogens is 322 g/mol. The maximum atomic E-state index is 4.73. The van der Waals surface area contributed by atoms with E-state index in [2.05, 4.69) is 33.2 Å². The van der Waals surface area contributed by atoms with Crippen LogP contribution in [0.25, 0.3) is 10.7 Å². The second-order valence-electron chi connectivity index (χ2n) is 4.76. The van der Waals surface area contributed by atoms with Gasteiger partial charge in [0, 0.05) is 28.1 Å². The first kappa shape index (κ1) is 13.2. The minimum atomic E-state index is 0.737. The maximum Gasteiger partial charge on any atom is 0.142 e. The monoisotopic (exact) mass is 337 g/mol. The summed E-state index contributed by atoms with van der Waals surface area (Å²) in [5.74, 6) is 0. The minimum absolute atomic E-state index is 0.737. The zero-order valence-electron chi connectivity index (χ0n) is 10.8. The lowest BCUT2D eigenvalue weighted by molar-refractivity contribution is 0.689. The lowest BCUT2D eigenvalue weighted by Gasteiger charge is -2.00. The van der Waals surface area contributed by atoms with Gasteiger partial charge in [0.1, 0.15) is 5.01 Å². The van der Waals surface area contributed by atoms with Gasteiger partial charge in [-0.3, -0.25) is 4.98 Å². The van der Waals surface area contributed by atoms with Gasteiger partial charge in [-0.15, -0.1) is 11.3 Å². The Morgan fingerprint density at radius 1 is 1.42 bits per heavy atom. The molecule has 1 saturated carbocycles. The number of pyridine rings is 1. The van der Waals surface area contributed by atoms with Crippen molar-refractivity contribution in [3.63, 3.8) is 0 Å². The summed E-state index contributed by atoms with van der Waals surface area (Å²) < 4.78 is 0.999. The molecule has 1 N–H and O–H groups in total. The lowest BCUT2D eigenvalue weighted by atomic mass is 10.3. The normalized spacial score (nSPS) is 14.8. The Balaban J connectivity index is 1.82. The first-order chi connectivity index (χ1) is 9.26. The summed E-state index contributed by atoms with van der Waals surface area (Å²) in [4.78, 5) is 10.5. The summed E-state index contributed by atoms with van der Waals surface area (Å²) >= 11 is 5.17. The van der Waals surface area contributed by atoms with Gasteiger partial charge in [-0.05, 0) is 47.3 Å². The molecule has 0 saturated heterocycles. The van der Waals surface area contributed by atoms with Crippen LogP contribution < -0.4 is 5.32 Å². The smallest absolute Gasteiger partial charge is 0.142 e. The second-order valence-corrected chi connectivity index (χ2v) is 6.76. The number of aromatic nitrogens is 2. The van der Waals surface area contributed by atoms with Crippen LogP contribution in [0.2, 0.25) is 0 Å². The SMILES string of the molecule is CCc1nc(-c2ccc(Br)cn2)sc1CNC1CC1. The van der Waals surface area contributed by atoms with E-state index in [-0.39, 0.29) is 0 Å². The molecule has 2 aromatic heterocycles. The molecule has 3 rings (SSSR count). The Morgan fingerprint density at radius 3 is 2.89 bits per heavy atom. The number of hydrogen-bond acceptors (Lipinski definition) is 4. The van der Waals surface area contributed by atoms with Crippen LogP contribution in [0.15, 0.2) is 22.8 Å². The molecule has 19 heavy (non-hydrogen) atoms. The van der Waals surface area contributed by atoms with Crippen molar-refractivity contribution in [1.82, 2.24) is 15.3 Å². The van der Waals surface area contributed by atoms with E-state index < -0.39 is 0 Å². The molecule has 0 atom stereocenters. The van der Waals surface area contributed by atoms with E-state index in [4.69, 9.17) is 4.98 Å². The summed E-state index contributed by atoms with van der Waals surface area (Å²) in [7, 11) is 0. The summed E-state index contributed by atoms with van der Waals surface area (Å²) in [6.45, 7) is 3.11. The van der Waals surface area contributed by atoms with E-state index in [0.29, 0.717) is 0 Å². The van der Waals surface area contributed by atoms with Crippen LogP contribution in [-0.2, 0) is 13.0 Å². The van der Waals surface area contributed by atoms with Gasteiger partial charge in [0.15, 0.2) is 0 Å². The molecule has 0 amide bonds. The molecule has 2 heterocycles. The summed E-state index contributed by atoms with van der Waals surface area (Å²) in [5.41, 5.74) is 2.17. The Morgan fingerprint density at radius 2 is 2.26 bits per heavy atom. The molecule has 5 heteroatoms. The van der Waals surface area contributed by atoms with Crippen molar-refractivity contribution in [2.75, 3.05) is 0 Å². The van der Waals surface area contributed by atoms with Crippen molar-refractivity contribution in [2.45, 2.75) is 38.8 Å². The van der Waals surface area contributed by atoms with Gasteiger partial charge >= 0.3 is 0 Å². The summed E-state index contributed by atoms with van der Waals surface area (Å²) in [5, 5.41) is 4.59. The fourth-order valence-electron chi connectivity index (χ4n) is 1.93. The standard InChI is InChI=1S/C14H16BrN3S/c1-2-11-13(8-16-10-4-5-10)19-14(18-11)12-6-3-9(15)7-17-12/h3,6-7,10,16H,2,4-5,8H2,1H3. The topological polar surface area (TPSA) is 37.8 Å². The van der Waals surface area contributed by atoms with Crippen LogP contribution in [0.5, 0.6) is 0 Å². The Labute approximate surface area is 125 Å². The van der Waals surface area contributed by atoms with Gasteiger partial charge in [-0.25, -0.2) is 4.98 Å². The number of nitrogens with one attached hydrogen (secondary N) is 1. The molecule has 3 nitrogen and oxygen atoms in total. The molecule has 0 radical (unpaired) electrons. The number of hydrogen-bond donors (Lipinski definition) is 1. The van der Waals surface area contributed by atoms with Gasteiger partial charge < -0.3 is 5.32 Å². The molecule has 100 valence electrons. The van der Waals surface area contributed by atoms with E-state index >= 15 is 0 Å². The van der Waals surface area contributed by atoms with E-state index in [1.54, 1.807) is 11.3 Å². The number of rotatable bonds is 5. The highest BCUT2D eigenvalue weighted by atomic mass is 79.9. The predicted octanol–water partition coefficient (Wildman–Crippen LogP) is 3.78. The van der Waals surface area contributed by atoms with Crippen molar-refractivity contribution in [1.29, 1.82) is 0 Å². The average Bonchev–Trinajstić information content (AvgIpc) is 3.16. The van der Waals surface area contributed by atoms with Gasteiger partial charge in [-0.1, -0.05) is 6.92 Å². The highest BCUT2D eigenvalue weighted by Crippen LogP contribution is 2.29. The van der Waals surface area contributed by atoms with E-state index in [1.807, 2.05) is 18.3 Å². The van der Waals surface area contributed by atoms with Crippen molar-refractivity contribution in [3.8, 4) is 10.7 Å². The predicted molar refractivity (Wildman–Crippen MR) is 82.3 cm³/mol. The fourth-order valence-corrected chi connectivity index (χ4v) is 3.25. The Hall–Kier alpha value is -0.780. The van der Waals surface area contributed by atoms with Crippen LogP contribution in [0.1, 0.15) is 30.3 Å². The number of thiazole rings is 1. The van der Waals surface area contributed by atoms with E-state index in [9.17, 15) is 0 Å². The first-order valence-corrected chi connectivity index (χ1v) is 8.21. The van der Waals surface area contributed by atoms with Crippen LogP contribution in [0.4, 0.5) is 0 Å². The van der Waals surface area contributed by atoms with Gasteiger partial charge in [0.2, 0.25) is 0 Å². The zero-order valence-corrected chi connectivity index (χ0v) is 13.2. The van der Waals surface area contributed by atoms with Crippen LogP contribution in [0.3, 0.4) is 0 Å². The maximum absolute atomic E-state index is 4.73. The van der Waals surface area contributed by atoms with Crippen molar-refractivity contribution >= 4 is 27.3 Å². The first-order valence-electron chi connectivity index (χ1n) is 6.60. The van der Waals surface area contributed by atoms with E-state index in [0.717, 1.165) is 34.2 Å². The molecule has 0 spiro atoms. The second kappa shape index (κ2) is 5.69. The molecule has 0 bridgehead atoms. The van der Waals surface area contributed by atoms with Crippen molar-refractivity contribution in [3.05, 3.63) is 33.4 Å². The van der Waals surface area contributed by atoms with E-state index in [1.165, 1.54) is 23.4 Å². The summed E-state index contributed by atoms with van der Waals surface area (Å²) in [6.07, 6.45) is 5.45. The molecule has 1 aliphatic carbocycles. The highest BCUT2D eigenvalue weighted by molar-refractivity contribution is 9.10. The third kappa shape index (κ3) is 3.22. The Kier molecular flexibility index (Phi) is 3.96. The van der Waals surface area contributed by atoms with Gasteiger partial charge in [-0.2, -0.15) is 0 Å². The molecule has 1 fully saturated rings. The highest BCUT2D eigenvalue weighted by Gasteiger charge is 2.21. The lowest BCUT2D eigenvalue weighted by Crippen LogP contribution is -2.15. The number of aryl methyl sites for hydroxylation is 1. The van der Waals surface area contributed by atoms with Crippen LogP contribution in [-0.4, -0.2) is 16.0 Å². The van der Waals surface area contributed by atoms with Crippen LogP contribution >= 0.6 is 27.3 Å². The number of halogens is 1. The molecule has 1 aliphatic rings. The Bertz CT molecular complexity index is 561. The summed E-state index contributed by atoms with van der Waals surface area (Å²) in [6, 6.07) is 4.76. The van der Waals surface area contributed by atoms with Gasteiger partial charge in [0.25, 0.3) is 0 Å². The fraction of sp³-hybridized carbons (Fsp3) is 0.429. The number of nitrogens with zero attached hydrogens (tertiary/aromatic N) is 2. The van der Waals surface area contributed by atoms with Crippen molar-refractivity contribution < 1.29 is 0 Å². The molecule has 0 aliphatic heterocycles. The third-order valence-corrected chi connectivity index (χ3v) is 4.78. The molecule has 0 unspecified atom stereocenters. The zero-order chi connectivity index (χ0) is 13.2.